The van der Waals surface area contributed by atoms with Crippen molar-refractivity contribution in [2.75, 3.05) is 20.0 Å². The van der Waals surface area contributed by atoms with E-state index in [2.05, 4.69) is 52.0 Å². The summed E-state index contributed by atoms with van der Waals surface area (Å²) in [5.74, 6) is -0.825. The van der Waals surface area contributed by atoms with Gasteiger partial charge in [-0.25, -0.2) is 0 Å². The normalized spacial score (nSPS) is 21.1. The van der Waals surface area contributed by atoms with Gasteiger partial charge in [0.05, 0.1) is 19.1 Å². The summed E-state index contributed by atoms with van der Waals surface area (Å²) >= 11 is 0. The number of esters is 1. The van der Waals surface area contributed by atoms with E-state index < -0.39 is 50.9 Å². The highest BCUT2D eigenvalue weighted by Gasteiger charge is 2.53. The predicted molar refractivity (Wildman–Crippen MR) is 203 cm³/mol. The first-order valence-corrected chi connectivity index (χ1v) is 20.6. The second-order valence-corrected chi connectivity index (χ2v) is 19.1. The van der Waals surface area contributed by atoms with E-state index in [1.807, 2.05) is 66.7 Å². The molecule has 0 saturated carbocycles. The Hall–Kier alpha value is -2.89. The lowest BCUT2D eigenvalue weighted by Gasteiger charge is -2.47. The van der Waals surface area contributed by atoms with Crippen LogP contribution in [0.5, 0.6) is 0 Å². The molecular formula is C42H60O8Si. The van der Waals surface area contributed by atoms with Crippen molar-refractivity contribution in [2.45, 2.75) is 122 Å². The van der Waals surface area contributed by atoms with Gasteiger partial charge in [-0.15, -0.1) is 0 Å². The Bertz CT molecular complexity index is 1360. The van der Waals surface area contributed by atoms with Crippen molar-refractivity contribution in [3.8, 4) is 0 Å². The van der Waals surface area contributed by atoms with Crippen molar-refractivity contribution < 1.29 is 38.0 Å². The minimum Gasteiger partial charge on any atom is -0.456 e. The van der Waals surface area contributed by atoms with Crippen molar-refractivity contribution >= 4 is 24.7 Å². The van der Waals surface area contributed by atoms with E-state index >= 15 is 0 Å². The third-order valence-electron chi connectivity index (χ3n) is 9.45. The van der Waals surface area contributed by atoms with Gasteiger partial charge >= 0.3 is 5.97 Å². The van der Waals surface area contributed by atoms with E-state index in [-0.39, 0.29) is 18.4 Å². The summed E-state index contributed by atoms with van der Waals surface area (Å²) in [7, 11) is -2.99. The van der Waals surface area contributed by atoms with Crippen LogP contribution in [-0.4, -0.2) is 70.1 Å². The van der Waals surface area contributed by atoms with Crippen LogP contribution in [-0.2, 0) is 39.5 Å². The molecule has 1 fully saturated rings. The van der Waals surface area contributed by atoms with E-state index in [0.717, 1.165) is 35.2 Å². The van der Waals surface area contributed by atoms with Crippen LogP contribution >= 0.6 is 0 Å². The standard InChI is InChI=1S/C42H60O8Si/c1-7-8-9-10-11-21-28-46-41-37(43)39(47-31-45-29-33-22-15-12-16-23-33)38(50-40(44)32(2)3)36(49-41)30-48-51(42(4,5)6,34-24-17-13-18-25-34)35-26-19-14-20-27-35/h12-20,22-27,32,36-39,41,43H,7-11,21,28-31H2,1-6H3/t36-,37-,38-,39-,41-/m1/s1. The number of aliphatic hydroxyl groups excluding tert-OH is 1. The van der Waals surface area contributed by atoms with E-state index in [4.69, 9.17) is 28.1 Å². The van der Waals surface area contributed by atoms with Gasteiger partial charge in [0.15, 0.2) is 12.4 Å². The van der Waals surface area contributed by atoms with Crippen molar-refractivity contribution in [3.63, 3.8) is 0 Å². The smallest absolute Gasteiger partial charge is 0.308 e. The molecule has 0 unspecified atom stereocenters. The summed E-state index contributed by atoms with van der Waals surface area (Å²) < 4.78 is 38.3. The third kappa shape index (κ3) is 11.3. The van der Waals surface area contributed by atoms with Crippen LogP contribution < -0.4 is 10.4 Å². The molecule has 280 valence electrons. The minimum atomic E-state index is -2.99. The van der Waals surface area contributed by atoms with E-state index in [1.165, 1.54) is 19.3 Å². The molecule has 5 atom stereocenters. The van der Waals surface area contributed by atoms with Crippen LogP contribution in [0.2, 0.25) is 5.04 Å². The zero-order chi connectivity index (χ0) is 36.7. The monoisotopic (exact) mass is 720 g/mol. The maximum atomic E-state index is 13.2. The average molecular weight is 721 g/mol. The molecule has 3 aromatic rings. The number of benzene rings is 3. The lowest BCUT2D eigenvalue weighted by molar-refractivity contribution is -0.317. The molecule has 0 bridgehead atoms. The highest BCUT2D eigenvalue weighted by atomic mass is 28.4. The predicted octanol–water partition coefficient (Wildman–Crippen LogP) is 7.15. The van der Waals surface area contributed by atoms with Crippen LogP contribution in [0.4, 0.5) is 0 Å². The van der Waals surface area contributed by atoms with Gasteiger partial charge in [0.2, 0.25) is 0 Å². The Labute approximate surface area is 306 Å². The second kappa shape index (κ2) is 20.4. The summed E-state index contributed by atoms with van der Waals surface area (Å²) in [5.41, 5.74) is 0.994. The fourth-order valence-electron chi connectivity index (χ4n) is 6.68. The van der Waals surface area contributed by atoms with Crippen molar-refractivity contribution in [2.24, 2.45) is 5.92 Å². The Morgan fingerprint density at radius 3 is 1.94 bits per heavy atom. The van der Waals surface area contributed by atoms with Crippen molar-refractivity contribution in [3.05, 3.63) is 96.6 Å². The Kier molecular flexibility index (Phi) is 16.3. The maximum Gasteiger partial charge on any atom is 0.308 e. The molecule has 1 aliphatic heterocycles. The number of rotatable bonds is 20. The van der Waals surface area contributed by atoms with Gasteiger partial charge in [-0.2, -0.15) is 0 Å². The number of ether oxygens (including phenoxy) is 5. The molecule has 0 spiro atoms. The summed E-state index contributed by atoms with van der Waals surface area (Å²) in [6.45, 7) is 13.1. The highest BCUT2D eigenvalue weighted by Crippen LogP contribution is 2.38. The summed E-state index contributed by atoms with van der Waals surface area (Å²) in [6, 6.07) is 30.5. The molecule has 1 saturated heterocycles. The molecule has 1 aliphatic rings. The molecule has 51 heavy (non-hydrogen) atoms. The topological polar surface area (TPSA) is 92.7 Å². The van der Waals surface area contributed by atoms with Gasteiger partial charge in [0.25, 0.3) is 8.32 Å². The van der Waals surface area contributed by atoms with Crippen molar-refractivity contribution in [1.82, 2.24) is 0 Å². The van der Waals surface area contributed by atoms with Gasteiger partial charge in [-0.1, -0.05) is 165 Å². The molecule has 3 aromatic carbocycles. The minimum absolute atomic E-state index is 0.0810. The summed E-state index contributed by atoms with van der Waals surface area (Å²) in [5, 5.41) is 13.7. The van der Waals surface area contributed by atoms with Crippen LogP contribution in [0.1, 0.15) is 85.6 Å². The number of hydrogen-bond donors (Lipinski definition) is 1. The molecule has 9 heteroatoms. The number of unbranched alkanes of at least 4 members (excludes halogenated alkanes) is 5. The third-order valence-corrected chi connectivity index (χ3v) is 14.5. The molecule has 1 N–H and O–H groups in total. The molecule has 0 radical (unpaired) electrons. The van der Waals surface area contributed by atoms with Crippen LogP contribution in [0.25, 0.3) is 0 Å². The SMILES string of the molecule is CCCCCCCCO[C@@H]1O[C@H](CO[Si](c2ccccc2)(c2ccccc2)C(C)(C)C)[C@@H](OC(=O)C(C)C)[C@H](OCOCc2ccccc2)[C@H]1O. The summed E-state index contributed by atoms with van der Waals surface area (Å²) in [4.78, 5) is 13.2. The number of carbonyl (C=O) groups is 1. The van der Waals surface area contributed by atoms with E-state index in [0.29, 0.717) is 13.2 Å². The number of carbonyl (C=O) groups excluding carboxylic acids is 1. The van der Waals surface area contributed by atoms with Gasteiger partial charge in [0.1, 0.15) is 25.1 Å². The quantitative estimate of drug-likeness (QED) is 0.0570. The molecule has 0 aromatic heterocycles. The molecule has 1 heterocycles. The fraction of sp³-hybridized carbons (Fsp3) is 0.548. The fourth-order valence-corrected chi connectivity index (χ4v) is 11.3. The molecule has 8 nitrogen and oxygen atoms in total. The van der Waals surface area contributed by atoms with E-state index in [1.54, 1.807) is 13.8 Å². The average Bonchev–Trinajstić information content (AvgIpc) is 3.13. The van der Waals surface area contributed by atoms with E-state index in [9.17, 15) is 9.90 Å². The Morgan fingerprint density at radius 2 is 1.37 bits per heavy atom. The Morgan fingerprint density at radius 1 is 0.804 bits per heavy atom. The largest absolute Gasteiger partial charge is 0.456 e. The molecular weight excluding hydrogens is 661 g/mol. The first-order chi connectivity index (χ1) is 24.6. The van der Waals surface area contributed by atoms with Gasteiger partial charge < -0.3 is 33.2 Å². The first kappa shape index (κ1) is 40.9. The van der Waals surface area contributed by atoms with Gasteiger partial charge in [-0.05, 0) is 27.4 Å². The van der Waals surface area contributed by atoms with Crippen LogP contribution in [0.3, 0.4) is 0 Å². The lowest BCUT2D eigenvalue weighted by atomic mass is 9.98. The second-order valence-electron chi connectivity index (χ2n) is 14.8. The molecule has 0 aliphatic carbocycles. The summed E-state index contributed by atoms with van der Waals surface area (Å²) in [6.07, 6.45) is 1.60. The molecule has 4 rings (SSSR count). The van der Waals surface area contributed by atoms with Gasteiger partial charge in [-0.3, -0.25) is 4.79 Å². The van der Waals surface area contributed by atoms with Gasteiger partial charge in [0, 0.05) is 6.61 Å². The van der Waals surface area contributed by atoms with Crippen LogP contribution in [0.15, 0.2) is 91.0 Å². The maximum absolute atomic E-state index is 13.2. The highest BCUT2D eigenvalue weighted by molar-refractivity contribution is 6.99. The van der Waals surface area contributed by atoms with Crippen LogP contribution in [0, 0.1) is 5.92 Å². The first-order valence-electron chi connectivity index (χ1n) is 18.7. The number of hydrogen-bond acceptors (Lipinski definition) is 8. The number of aliphatic hydroxyl groups is 1. The zero-order valence-corrected chi connectivity index (χ0v) is 32.5. The Balaban J connectivity index is 1.64. The van der Waals surface area contributed by atoms with Crippen molar-refractivity contribution in [1.29, 1.82) is 0 Å². The lowest BCUT2D eigenvalue weighted by Crippen LogP contribution is -2.68. The zero-order valence-electron chi connectivity index (χ0n) is 31.5. The molecule has 0 amide bonds.